The molecule has 2 aromatic heterocycles. The summed E-state index contributed by atoms with van der Waals surface area (Å²) in [7, 11) is 0. The molecule has 1 amide bonds. The summed E-state index contributed by atoms with van der Waals surface area (Å²) in [4.78, 5) is 38.3. The molecule has 116 valence electrons. The van der Waals surface area contributed by atoms with Crippen LogP contribution in [0.25, 0.3) is 0 Å². The van der Waals surface area contributed by atoms with E-state index in [0.29, 0.717) is 11.4 Å². The molecule has 0 saturated carbocycles. The predicted molar refractivity (Wildman–Crippen MR) is 82.2 cm³/mol. The highest BCUT2D eigenvalue weighted by Crippen LogP contribution is 2.17. The van der Waals surface area contributed by atoms with Crippen molar-refractivity contribution in [2.45, 2.75) is 13.5 Å². The summed E-state index contributed by atoms with van der Waals surface area (Å²) in [5, 5.41) is 4.26. The molecule has 0 aromatic carbocycles. The topological polar surface area (TPSA) is 90.3 Å². The summed E-state index contributed by atoms with van der Waals surface area (Å²) in [5.41, 5.74) is 0.994. The first-order valence-electron chi connectivity index (χ1n) is 6.18. The van der Waals surface area contributed by atoms with E-state index in [-0.39, 0.29) is 16.6 Å². The van der Waals surface area contributed by atoms with Crippen LogP contribution in [0.5, 0.6) is 0 Å². The smallest absolute Gasteiger partial charge is 0.326 e. The Balaban J connectivity index is 1.85. The summed E-state index contributed by atoms with van der Waals surface area (Å²) in [5.74, 6) is -1.21. The van der Waals surface area contributed by atoms with Crippen LogP contribution in [-0.2, 0) is 20.9 Å². The molecule has 0 fully saturated rings. The van der Waals surface area contributed by atoms with Crippen LogP contribution in [0.1, 0.15) is 5.69 Å². The van der Waals surface area contributed by atoms with Crippen LogP contribution in [0, 0.1) is 6.92 Å². The maximum absolute atomic E-state index is 11.7. The van der Waals surface area contributed by atoms with Crippen LogP contribution in [0.15, 0.2) is 28.5 Å². The van der Waals surface area contributed by atoms with E-state index >= 15 is 0 Å². The number of anilines is 1. The Morgan fingerprint density at radius 2 is 2.27 bits per heavy atom. The van der Waals surface area contributed by atoms with Gasteiger partial charge in [-0.05, 0) is 19.1 Å². The number of amides is 1. The number of aryl methyl sites for hydroxylation is 1. The van der Waals surface area contributed by atoms with Gasteiger partial charge in [0.25, 0.3) is 5.91 Å². The number of nitrogens with one attached hydrogen (secondary N) is 1. The Labute approximate surface area is 134 Å². The molecule has 7 nitrogen and oxygen atoms in total. The van der Waals surface area contributed by atoms with Crippen molar-refractivity contribution in [2.24, 2.45) is 0 Å². The number of thiazole rings is 1. The van der Waals surface area contributed by atoms with E-state index in [1.165, 1.54) is 10.8 Å². The second kappa shape index (κ2) is 7.19. The molecule has 2 rings (SSSR count). The molecule has 0 aliphatic heterocycles. The van der Waals surface area contributed by atoms with E-state index in [0.717, 1.165) is 11.3 Å². The van der Waals surface area contributed by atoms with Gasteiger partial charge in [-0.2, -0.15) is 0 Å². The number of esters is 1. The van der Waals surface area contributed by atoms with Crippen molar-refractivity contribution in [1.82, 2.24) is 9.55 Å². The molecule has 0 aliphatic rings. The Morgan fingerprint density at radius 1 is 1.50 bits per heavy atom. The third-order valence-electron chi connectivity index (χ3n) is 2.66. The highest BCUT2D eigenvalue weighted by Gasteiger charge is 2.12. The molecule has 0 radical (unpaired) electrons. The summed E-state index contributed by atoms with van der Waals surface area (Å²) in [6.07, 6.45) is 1.49. The number of hydrogen-bond donors (Lipinski definition) is 1. The number of carbonyl (C=O) groups is 2. The van der Waals surface area contributed by atoms with Crippen LogP contribution in [0.3, 0.4) is 0 Å². The Kier molecular flexibility index (Phi) is 5.29. The second-order valence-electron chi connectivity index (χ2n) is 4.28. The largest absolute Gasteiger partial charge is 0.454 e. The van der Waals surface area contributed by atoms with Gasteiger partial charge in [0.2, 0.25) is 0 Å². The Morgan fingerprint density at radius 3 is 2.91 bits per heavy atom. The number of halogens is 1. The van der Waals surface area contributed by atoms with E-state index < -0.39 is 18.5 Å². The fourth-order valence-corrected chi connectivity index (χ4v) is 2.48. The fraction of sp³-hybridized carbons (Fsp3) is 0.231. The van der Waals surface area contributed by atoms with Crippen molar-refractivity contribution in [2.75, 3.05) is 11.9 Å². The average molecular weight is 342 g/mol. The minimum absolute atomic E-state index is 0.141. The van der Waals surface area contributed by atoms with Crippen LogP contribution >= 0.6 is 22.9 Å². The molecular formula is C13H12ClN3O4S. The van der Waals surface area contributed by atoms with Gasteiger partial charge in [0.05, 0.1) is 5.69 Å². The van der Waals surface area contributed by atoms with Crippen LogP contribution in [0.2, 0.25) is 5.15 Å². The number of hydrogen-bond acceptors (Lipinski definition) is 6. The summed E-state index contributed by atoms with van der Waals surface area (Å²) in [6.45, 7) is 1.01. The molecule has 0 unspecified atom stereocenters. The van der Waals surface area contributed by atoms with Gasteiger partial charge in [0, 0.05) is 17.3 Å². The van der Waals surface area contributed by atoms with Crippen molar-refractivity contribution >= 4 is 40.5 Å². The maximum atomic E-state index is 11.7. The summed E-state index contributed by atoms with van der Waals surface area (Å²) >= 11 is 6.79. The number of aromatic nitrogens is 2. The SMILES string of the molecule is Cc1csc(=O)n1CC(=O)OCC(=O)Nc1cccnc1Cl. The van der Waals surface area contributed by atoms with Gasteiger partial charge >= 0.3 is 10.8 Å². The number of carbonyl (C=O) groups excluding carboxylic acids is 2. The van der Waals surface area contributed by atoms with Gasteiger partial charge in [-0.25, -0.2) is 4.98 Å². The Bertz CT molecular complexity index is 756. The van der Waals surface area contributed by atoms with Crippen LogP contribution < -0.4 is 10.2 Å². The van der Waals surface area contributed by atoms with Crippen molar-refractivity contribution in [3.63, 3.8) is 0 Å². The molecule has 22 heavy (non-hydrogen) atoms. The first kappa shape index (κ1) is 16.2. The molecule has 0 aliphatic carbocycles. The fourth-order valence-electron chi connectivity index (χ4n) is 1.58. The number of rotatable bonds is 5. The first-order valence-corrected chi connectivity index (χ1v) is 7.44. The monoisotopic (exact) mass is 341 g/mol. The van der Waals surface area contributed by atoms with Crippen molar-refractivity contribution in [1.29, 1.82) is 0 Å². The number of pyridine rings is 1. The van der Waals surface area contributed by atoms with Crippen LogP contribution in [0.4, 0.5) is 5.69 Å². The average Bonchev–Trinajstić information content (AvgIpc) is 2.79. The standard InChI is InChI=1S/C13H12ClN3O4S/c1-8-7-22-13(20)17(8)5-11(19)21-6-10(18)16-9-3-2-4-15-12(9)14/h2-4,7H,5-6H2,1H3,(H,16,18). The summed E-state index contributed by atoms with van der Waals surface area (Å²) in [6, 6.07) is 3.18. The molecule has 0 spiro atoms. The van der Waals surface area contributed by atoms with E-state index in [1.807, 2.05) is 0 Å². The highest BCUT2D eigenvalue weighted by molar-refractivity contribution is 7.07. The lowest BCUT2D eigenvalue weighted by atomic mass is 10.4. The lowest BCUT2D eigenvalue weighted by Gasteiger charge is -2.08. The van der Waals surface area contributed by atoms with Crippen molar-refractivity contribution in [3.05, 3.63) is 44.2 Å². The molecule has 0 bridgehead atoms. The highest BCUT2D eigenvalue weighted by atomic mass is 35.5. The first-order chi connectivity index (χ1) is 10.5. The van der Waals surface area contributed by atoms with E-state index in [2.05, 4.69) is 10.3 Å². The molecule has 9 heteroatoms. The van der Waals surface area contributed by atoms with E-state index in [9.17, 15) is 14.4 Å². The molecule has 2 aromatic rings. The van der Waals surface area contributed by atoms with Crippen LogP contribution in [-0.4, -0.2) is 28.0 Å². The number of nitrogens with zero attached hydrogens (tertiary/aromatic N) is 2. The quantitative estimate of drug-likeness (QED) is 0.656. The normalized spacial score (nSPS) is 10.3. The predicted octanol–water partition coefficient (Wildman–Crippen LogP) is 1.45. The number of ether oxygens (including phenoxy) is 1. The van der Waals surface area contributed by atoms with Gasteiger partial charge in [0.1, 0.15) is 6.54 Å². The summed E-state index contributed by atoms with van der Waals surface area (Å²) < 4.78 is 6.11. The molecule has 0 saturated heterocycles. The Hall–Kier alpha value is -2.19. The van der Waals surface area contributed by atoms with Gasteiger partial charge in [-0.3, -0.25) is 19.0 Å². The lowest BCUT2D eigenvalue weighted by Crippen LogP contribution is -2.26. The van der Waals surface area contributed by atoms with Crippen molar-refractivity contribution < 1.29 is 14.3 Å². The molecular weight excluding hydrogens is 330 g/mol. The minimum Gasteiger partial charge on any atom is -0.454 e. The van der Waals surface area contributed by atoms with Gasteiger partial charge in [0.15, 0.2) is 11.8 Å². The zero-order valence-corrected chi connectivity index (χ0v) is 13.1. The second-order valence-corrected chi connectivity index (χ2v) is 5.46. The zero-order chi connectivity index (χ0) is 16.1. The van der Waals surface area contributed by atoms with Crippen molar-refractivity contribution in [3.8, 4) is 0 Å². The maximum Gasteiger partial charge on any atom is 0.326 e. The molecule has 2 heterocycles. The third kappa shape index (κ3) is 4.15. The lowest BCUT2D eigenvalue weighted by molar-refractivity contribution is -0.147. The van der Waals surface area contributed by atoms with Gasteiger partial charge < -0.3 is 10.1 Å². The zero-order valence-electron chi connectivity index (χ0n) is 11.5. The van der Waals surface area contributed by atoms with E-state index in [4.69, 9.17) is 16.3 Å². The molecule has 1 N–H and O–H groups in total. The molecule has 0 atom stereocenters. The van der Waals surface area contributed by atoms with Gasteiger partial charge in [-0.15, -0.1) is 0 Å². The van der Waals surface area contributed by atoms with Gasteiger partial charge in [-0.1, -0.05) is 22.9 Å². The third-order valence-corrected chi connectivity index (χ3v) is 3.84. The minimum atomic E-state index is -0.670. The van der Waals surface area contributed by atoms with E-state index in [1.54, 1.807) is 24.4 Å².